The summed E-state index contributed by atoms with van der Waals surface area (Å²) in [4.78, 5) is 26.6. The standard InChI is InChI=1S/C21H31NO3/c1-5-25-19(23)14-15-22(18-8-6-7-9-18)20(24)16-10-12-17(13-11-16)21(2,3)4/h10-13,18H,5-9,14-15H2,1-4H3. The Bertz CT molecular complexity index is 580. The van der Waals surface area contributed by atoms with E-state index in [0.29, 0.717) is 18.7 Å². The Hall–Kier alpha value is -1.84. The van der Waals surface area contributed by atoms with Crippen LogP contribution in [0.4, 0.5) is 0 Å². The molecule has 0 heterocycles. The Morgan fingerprint density at radius 1 is 1.12 bits per heavy atom. The molecule has 0 aromatic heterocycles. The molecule has 0 radical (unpaired) electrons. The van der Waals surface area contributed by atoms with Crippen LogP contribution in [0.2, 0.25) is 0 Å². The van der Waals surface area contributed by atoms with Gasteiger partial charge >= 0.3 is 5.97 Å². The van der Waals surface area contributed by atoms with Gasteiger partial charge in [0.05, 0.1) is 13.0 Å². The molecule has 2 rings (SSSR count). The van der Waals surface area contributed by atoms with Gasteiger partial charge in [0.1, 0.15) is 0 Å². The van der Waals surface area contributed by atoms with Gasteiger partial charge in [-0.1, -0.05) is 45.7 Å². The molecule has 1 fully saturated rings. The number of carbonyl (C=O) groups is 2. The fraction of sp³-hybridized carbons (Fsp3) is 0.619. The molecular formula is C21H31NO3. The number of benzene rings is 1. The summed E-state index contributed by atoms with van der Waals surface area (Å²) in [5.41, 5.74) is 1.98. The molecule has 1 aliphatic carbocycles. The number of nitrogens with zero attached hydrogens (tertiary/aromatic N) is 1. The molecule has 1 aliphatic rings. The zero-order valence-electron chi connectivity index (χ0n) is 16.0. The molecule has 0 atom stereocenters. The van der Waals surface area contributed by atoms with Crippen molar-refractivity contribution in [1.29, 1.82) is 0 Å². The molecule has 1 aromatic rings. The summed E-state index contributed by atoms with van der Waals surface area (Å²) in [6.07, 6.45) is 4.60. The van der Waals surface area contributed by atoms with Gasteiger partial charge in [0.15, 0.2) is 0 Å². The number of carbonyl (C=O) groups excluding carboxylic acids is 2. The Morgan fingerprint density at radius 2 is 1.72 bits per heavy atom. The first kappa shape index (κ1) is 19.5. The molecule has 0 N–H and O–H groups in total. The van der Waals surface area contributed by atoms with Gasteiger partial charge in [-0.3, -0.25) is 9.59 Å². The molecular weight excluding hydrogens is 314 g/mol. The minimum absolute atomic E-state index is 0.0247. The first-order chi connectivity index (χ1) is 11.8. The minimum atomic E-state index is -0.235. The predicted octanol–water partition coefficient (Wildman–Crippen LogP) is 4.32. The van der Waals surface area contributed by atoms with Crippen molar-refractivity contribution >= 4 is 11.9 Å². The highest BCUT2D eigenvalue weighted by atomic mass is 16.5. The summed E-state index contributed by atoms with van der Waals surface area (Å²) in [6.45, 7) is 9.10. The maximum absolute atomic E-state index is 13.0. The number of hydrogen-bond donors (Lipinski definition) is 0. The van der Waals surface area contributed by atoms with E-state index in [4.69, 9.17) is 4.74 Å². The molecule has 0 saturated heterocycles. The summed E-state index contributed by atoms with van der Waals surface area (Å²) in [6, 6.07) is 8.13. The van der Waals surface area contributed by atoms with Gasteiger partial charge in [0.25, 0.3) is 5.91 Å². The molecule has 0 bridgehead atoms. The van der Waals surface area contributed by atoms with E-state index in [-0.39, 0.29) is 29.8 Å². The fourth-order valence-corrected chi connectivity index (χ4v) is 3.39. The van der Waals surface area contributed by atoms with E-state index in [2.05, 4.69) is 20.8 Å². The highest BCUT2D eigenvalue weighted by Crippen LogP contribution is 2.26. The fourth-order valence-electron chi connectivity index (χ4n) is 3.39. The first-order valence-electron chi connectivity index (χ1n) is 9.40. The van der Waals surface area contributed by atoms with Crippen LogP contribution in [0.15, 0.2) is 24.3 Å². The summed E-state index contributed by atoms with van der Waals surface area (Å²) in [5.74, 6) is -0.210. The van der Waals surface area contributed by atoms with Gasteiger partial charge in [0.2, 0.25) is 0 Å². The third-order valence-electron chi connectivity index (χ3n) is 4.89. The second-order valence-electron chi connectivity index (χ2n) is 7.82. The molecule has 1 saturated carbocycles. The lowest BCUT2D eigenvalue weighted by atomic mass is 9.86. The Balaban J connectivity index is 2.12. The Morgan fingerprint density at radius 3 is 2.24 bits per heavy atom. The minimum Gasteiger partial charge on any atom is -0.466 e. The monoisotopic (exact) mass is 345 g/mol. The summed E-state index contributed by atoms with van der Waals surface area (Å²) in [7, 11) is 0. The molecule has 0 spiro atoms. The SMILES string of the molecule is CCOC(=O)CCN(C(=O)c1ccc(C(C)(C)C)cc1)C1CCCC1. The lowest BCUT2D eigenvalue weighted by Gasteiger charge is -2.29. The van der Waals surface area contributed by atoms with E-state index >= 15 is 0 Å². The second-order valence-corrected chi connectivity index (χ2v) is 7.82. The van der Waals surface area contributed by atoms with E-state index in [0.717, 1.165) is 25.7 Å². The van der Waals surface area contributed by atoms with Crippen LogP contribution in [0, 0.1) is 0 Å². The third kappa shape index (κ3) is 5.32. The van der Waals surface area contributed by atoms with Crippen LogP contribution >= 0.6 is 0 Å². The molecule has 25 heavy (non-hydrogen) atoms. The van der Waals surface area contributed by atoms with E-state index < -0.39 is 0 Å². The quantitative estimate of drug-likeness (QED) is 0.721. The van der Waals surface area contributed by atoms with Crippen molar-refractivity contribution in [1.82, 2.24) is 4.90 Å². The van der Waals surface area contributed by atoms with Crippen molar-refractivity contribution in [3.63, 3.8) is 0 Å². The van der Waals surface area contributed by atoms with E-state index in [1.165, 1.54) is 5.56 Å². The van der Waals surface area contributed by atoms with Crippen molar-refractivity contribution in [3.8, 4) is 0 Å². The molecule has 1 aromatic carbocycles. The number of esters is 1. The zero-order valence-corrected chi connectivity index (χ0v) is 16.0. The largest absolute Gasteiger partial charge is 0.466 e. The van der Waals surface area contributed by atoms with Crippen molar-refractivity contribution in [2.24, 2.45) is 0 Å². The zero-order chi connectivity index (χ0) is 18.4. The Kier molecular flexibility index (Phi) is 6.63. The second kappa shape index (κ2) is 8.50. The lowest BCUT2D eigenvalue weighted by molar-refractivity contribution is -0.143. The number of ether oxygens (including phenoxy) is 1. The first-order valence-corrected chi connectivity index (χ1v) is 9.40. The van der Waals surface area contributed by atoms with Gasteiger partial charge in [-0.2, -0.15) is 0 Å². The van der Waals surface area contributed by atoms with Crippen LogP contribution in [0.3, 0.4) is 0 Å². The molecule has 138 valence electrons. The molecule has 1 amide bonds. The van der Waals surface area contributed by atoms with Crippen molar-refractivity contribution < 1.29 is 14.3 Å². The van der Waals surface area contributed by atoms with E-state index in [1.54, 1.807) is 6.92 Å². The van der Waals surface area contributed by atoms with Crippen LogP contribution in [0.5, 0.6) is 0 Å². The van der Waals surface area contributed by atoms with E-state index in [9.17, 15) is 9.59 Å². The molecule has 0 aliphatic heterocycles. The van der Waals surface area contributed by atoms with Gasteiger partial charge in [-0.15, -0.1) is 0 Å². The average Bonchev–Trinajstić information content (AvgIpc) is 3.09. The van der Waals surface area contributed by atoms with Crippen LogP contribution in [0.25, 0.3) is 0 Å². The number of hydrogen-bond acceptors (Lipinski definition) is 3. The van der Waals surface area contributed by atoms with Crippen LogP contribution in [-0.2, 0) is 14.9 Å². The maximum Gasteiger partial charge on any atom is 0.307 e. The topological polar surface area (TPSA) is 46.6 Å². The van der Waals surface area contributed by atoms with Gasteiger partial charge in [-0.05, 0) is 42.9 Å². The smallest absolute Gasteiger partial charge is 0.307 e. The maximum atomic E-state index is 13.0. The predicted molar refractivity (Wildman–Crippen MR) is 99.7 cm³/mol. The number of amides is 1. The Labute approximate surface area is 151 Å². The summed E-state index contributed by atoms with van der Waals surface area (Å²) in [5, 5.41) is 0. The number of rotatable bonds is 6. The van der Waals surface area contributed by atoms with Crippen molar-refractivity contribution in [3.05, 3.63) is 35.4 Å². The summed E-state index contributed by atoms with van der Waals surface area (Å²) < 4.78 is 5.02. The van der Waals surface area contributed by atoms with Gasteiger partial charge < -0.3 is 9.64 Å². The highest BCUT2D eigenvalue weighted by Gasteiger charge is 2.28. The van der Waals surface area contributed by atoms with Gasteiger partial charge in [0, 0.05) is 18.2 Å². The molecule has 4 nitrogen and oxygen atoms in total. The highest BCUT2D eigenvalue weighted by molar-refractivity contribution is 5.94. The molecule has 4 heteroatoms. The van der Waals surface area contributed by atoms with Crippen molar-refractivity contribution in [2.75, 3.05) is 13.2 Å². The third-order valence-corrected chi connectivity index (χ3v) is 4.89. The normalized spacial score (nSPS) is 15.2. The van der Waals surface area contributed by atoms with Crippen LogP contribution in [-0.4, -0.2) is 36.0 Å². The van der Waals surface area contributed by atoms with Gasteiger partial charge in [-0.25, -0.2) is 0 Å². The van der Waals surface area contributed by atoms with Crippen molar-refractivity contribution in [2.45, 2.75) is 71.3 Å². The van der Waals surface area contributed by atoms with Crippen LogP contribution in [0.1, 0.15) is 75.7 Å². The van der Waals surface area contributed by atoms with E-state index in [1.807, 2.05) is 29.2 Å². The summed E-state index contributed by atoms with van der Waals surface area (Å²) >= 11 is 0. The average molecular weight is 345 g/mol. The van der Waals surface area contributed by atoms with Crippen LogP contribution < -0.4 is 0 Å². The lowest BCUT2D eigenvalue weighted by Crippen LogP contribution is -2.40. The molecule has 0 unspecified atom stereocenters.